The SMILES string of the molecule is O=C(Nc1ccc(-n2ccnc2)c(F)c1)c1sccc1S(=O)(=O)N1CCCC1. The maximum absolute atomic E-state index is 14.4. The van der Waals surface area contributed by atoms with Crippen molar-refractivity contribution in [1.82, 2.24) is 13.9 Å². The molecule has 1 aliphatic heterocycles. The van der Waals surface area contributed by atoms with E-state index in [1.165, 1.54) is 39.6 Å². The molecule has 0 aliphatic carbocycles. The zero-order valence-electron chi connectivity index (χ0n) is 14.7. The van der Waals surface area contributed by atoms with Gasteiger partial charge in [0.1, 0.15) is 15.6 Å². The van der Waals surface area contributed by atoms with Crippen molar-refractivity contribution in [2.24, 2.45) is 0 Å². The molecule has 3 aromatic rings. The maximum Gasteiger partial charge on any atom is 0.267 e. The van der Waals surface area contributed by atoms with Gasteiger partial charge in [0.15, 0.2) is 0 Å². The highest BCUT2D eigenvalue weighted by Crippen LogP contribution is 2.28. The maximum atomic E-state index is 14.4. The first kappa shape index (κ1) is 18.8. The summed E-state index contributed by atoms with van der Waals surface area (Å²) < 4.78 is 42.9. The van der Waals surface area contributed by atoms with Gasteiger partial charge in [-0.05, 0) is 42.5 Å². The lowest BCUT2D eigenvalue weighted by Gasteiger charge is -2.15. The molecule has 0 saturated carbocycles. The van der Waals surface area contributed by atoms with Gasteiger partial charge in [0.2, 0.25) is 10.0 Å². The number of imidazole rings is 1. The number of anilines is 1. The Balaban J connectivity index is 1.57. The number of benzene rings is 1. The van der Waals surface area contributed by atoms with Gasteiger partial charge in [-0.3, -0.25) is 4.79 Å². The van der Waals surface area contributed by atoms with E-state index < -0.39 is 21.7 Å². The Kier molecular flexibility index (Phi) is 5.00. The van der Waals surface area contributed by atoms with Gasteiger partial charge in [0, 0.05) is 31.2 Å². The molecular weight excluding hydrogens is 403 g/mol. The van der Waals surface area contributed by atoms with E-state index in [0.29, 0.717) is 18.8 Å². The van der Waals surface area contributed by atoms with Gasteiger partial charge < -0.3 is 9.88 Å². The molecule has 146 valence electrons. The van der Waals surface area contributed by atoms with Crippen LogP contribution in [0.5, 0.6) is 0 Å². The van der Waals surface area contributed by atoms with Crippen LogP contribution in [0.25, 0.3) is 5.69 Å². The highest BCUT2D eigenvalue weighted by atomic mass is 32.2. The zero-order valence-corrected chi connectivity index (χ0v) is 16.3. The number of carbonyl (C=O) groups is 1. The molecule has 1 N–H and O–H groups in total. The molecule has 0 spiro atoms. The number of hydrogen-bond acceptors (Lipinski definition) is 5. The topological polar surface area (TPSA) is 84.3 Å². The summed E-state index contributed by atoms with van der Waals surface area (Å²) in [5.41, 5.74) is 0.535. The van der Waals surface area contributed by atoms with Crippen LogP contribution in [0.4, 0.5) is 10.1 Å². The van der Waals surface area contributed by atoms with E-state index in [9.17, 15) is 17.6 Å². The molecule has 1 amide bonds. The van der Waals surface area contributed by atoms with Gasteiger partial charge in [0.25, 0.3) is 5.91 Å². The lowest BCUT2D eigenvalue weighted by Crippen LogP contribution is -2.29. The smallest absolute Gasteiger partial charge is 0.267 e. The van der Waals surface area contributed by atoms with Crippen molar-refractivity contribution in [3.63, 3.8) is 0 Å². The molecule has 0 unspecified atom stereocenters. The fourth-order valence-corrected chi connectivity index (χ4v) is 5.93. The lowest BCUT2D eigenvalue weighted by atomic mass is 10.2. The molecule has 4 rings (SSSR count). The van der Waals surface area contributed by atoms with E-state index >= 15 is 0 Å². The average Bonchev–Trinajstić information content (AvgIpc) is 3.43. The number of rotatable bonds is 5. The second kappa shape index (κ2) is 7.46. The summed E-state index contributed by atoms with van der Waals surface area (Å²) in [6, 6.07) is 5.70. The number of hydrogen-bond donors (Lipinski definition) is 1. The molecule has 1 saturated heterocycles. The normalized spacial score (nSPS) is 15.0. The summed E-state index contributed by atoms with van der Waals surface area (Å²) in [6.45, 7) is 0.917. The molecule has 0 bridgehead atoms. The molecular formula is C18H17FN4O3S2. The first-order valence-electron chi connectivity index (χ1n) is 8.64. The predicted octanol–water partition coefficient (Wildman–Crippen LogP) is 3.11. The van der Waals surface area contributed by atoms with Crippen LogP contribution in [-0.4, -0.2) is 41.3 Å². The second-order valence-electron chi connectivity index (χ2n) is 6.32. The Morgan fingerprint density at radius 3 is 2.68 bits per heavy atom. The van der Waals surface area contributed by atoms with Crippen LogP contribution in [0, 0.1) is 5.82 Å². The van der Waals surface area contributed by atoms with E-state index in [1.807, 2.05) is 0 Å². The van der Waals surface area contributed by atoms with Crippen molar-refractivity contribution in [2.45, 2.75) is 17.7 Å². The van der Waals surface area contributed by atoms with Gasteiger partial charge in [-0.2, -0.15) is 4.31 Å². The second-order valence-corrected chi connectivity index (χ2v) is 9.14. The van der Waals surface area contributed by atoms with E-state index in [2.05, 4.69) is 10.3 Å². The Labute approximate surface area is 165 Å². The molecule has 7 nitrogen and oxygen atoms in total. The molecule has 3 heterocycles. The van der Waals surface area contributed by atoms with Gasteiger partial charge in [0.05, 0.1) is 12.0 Å². The third kappa shape index (κ3) is 3.46. The predicted molar refractivity (Wildman–Crippen MR) is 104 cm³/mol. The number of amides is 1. The number of thiophene rings is 1. The number of carbonyl (C=O) groups excluding carboxylic acids is 1. The molecule has 10 heteroatoms. The number of nitrogens with zero attached hydrogens (tertiary/aromatic N) is 3. The van der Waals surface area contributed by atoms with E-state index in [-0.39, 0.29) is 15.5 Å². The summed E-state index contributed by atoms with van der Waals surface area (Å²) in [5.74, 6) is -1.12. The van der Waals surface area contributed by atoms with Crippen molar-refractivity contribution in [2.75, 3.05) is 18.4 Å². The Morgan fingerprint density at radius 2 is 2.00 bits per heavy atom. The Bertz CT molecular complexity index is 1100. The number of nitrogens with one attached hydrogen (secondary N) is 1. The molecule has 1 aromatic carbocycles. The first-order valence-corrected chi connectivity index (χ1v) is 11.0. The molecule has 0 atom stereocenters. The van der Waals surface area contributed by atoms with Crippen LogP contribution in [-0.2, 0) is 10.0 Å². The lowest BCUT2D eigenvalue weighted by molar-refractivity contribution is 0.102. The standard InChI is InChI=1S/C18H17FN4O3S2/c19-14-11-13(3-4-15(14)22-9-6-20-12-22)21-18(24)17-16(5-10-27-17)28(25,26)23-7-1-2-8-23/h3-6,9-12H,1-2,7-8H2,(H,21,24). The van der Waals surface area contributed by atoms with Crippen LogP contribution in [0.3, 0.4) is 0 Å². The summed E-state index contributed by atoms with van der Waals surface area (Å²) in [6.07, 6.45) is 6.24. The third-order valence-electron chi connectivity index (χ3n) is 4.51. The molecule has 1 fully saturated rings. The van der Waals surface area contributed by atoms with Crippen molar-refractivity contribution >= 4 is 33.0 Å². The Hall–Kier alpha value is -2.56. The van der Waals surface area contributed by atoms with E-state index in [1.54, 1.807) is 17.6 Å². The Morgan fingerprint density at radius 1 is 1.21 bits per heavy atom. The summed E-state index contributed by atoms with van der Waals surface area (Å²) in [7, 11) is -3.71. The highest BCUT2D eigenvalue weighted by Gasteiger charge is 2.31. The quantitative estimate of drug-likeness (QED) is 0.687. The number of aromatic nitrogens is 2. The van der Waals surface area contributed by atoms with Crippen LogP contribution >= 0.6 is 11.3 Å². The average molecular weight is 420 g/mol. The van der Waals surface area contributed by atoms with Crippen molar-refractivity contribution in [1.29, 1.82) is 0 Å². The molecule has 0 radical (unpaired) electrons. The van der Waals surface area contributed by atoms with Gasteiger partial charge in [-0.25, -0.2) is 17.8 Å². The molecule has 28 heavy (non-hydrogen) atoms. The molecule has 2 aromatic heterocycles. The largest absolute Gasteiger partial charge is 0.321 e. The monoisotopic (exact) mass is 420 g/mol. The fourth-order valence-electron chi connectivity index (χ4n) is 3.12. The van der Waals surface area contributed by atoms with Crippen LogP contribution in [0.1, 0.15) is 22.5 Å². The van der Waals surface area contributed by atoms with Crippen LogP contribution < -0.4 is 5.32 Å². The number of sulfonamides is 1. The van der Waals surface area contributed by atoms with Crippen LogP contribution in [0.15, 0.2) is 53.3 Å². The summed E-state index contributed by atoms with van der Waals surface area (Å²) in [4.78, 5) is 16.6. The molecule has 1 aliphatic rings. The van der Waals surface area contributed by atoms with Crippen molar-refractivity contribution in [3.8, 4) is 5.69 Å². The van der Waals surface area contributed by atoms with Gasteiger partial charge in [-0.1, -0.05) is 0 Å². The van der Waals surface area contributed by atoms with Crippen molar-refractivity contribution < 1.29 is 17.6 Å². The third-order valence-corrected chi connectivity index (χ3v) is 7.49. The van der Waals surface area contributed by atoms with Crippen LogP contribution in [0.2, 0.25) is 0 Å². The minimum absolute atomic E-state index is 0.00703. The van der Waals surface area contributed by atoms with E-state index in [4.69, 9.17) is 0 Å². The summed E-state index contributed by atoms with van der Waals surface area (Å²) >= 11 is 1.04. The zero-order chi connectivity index (χ0) is 19.7. The van der Waals surface area contributed by atoms with Gasteiger partial charge >= 0.3 is 0 Å². The first-order chi connectivity index (χ1) is 13.5. The van der Waals surface area contributed by atoms with Crippen molar-refractivity contribution in [3.05, 3.63) is 59.1 Å². The minimum Gasteiger partial charge on any atom is -0.321 e. The number of halogens is 1. The summed E-state index contributed by atoms with van der Waals surface area (Å²) in [5, 5.41) is 4.15. The van der Waals surface area contributed by atoms with E-state index in [0.717, 1.165) is 24.2 Å². The van der Waals surface area contributed by atoms with Gasteiger partial charge in [-0.15, -0.1) is 11.3 Å². The fraction of sp³-hybridized carbons (Fsp3) is 0.222. The minimum atomic E-state index is -3.71. The highest BCUT2D eigenvalue weighted by molar-refractivity contribution is 7.89.